The van der Waals surface area contributed by atoms with Crippen molar-refractivity contribution < 1.29 is 19.0 Å². The van der Waals surface area contributed by atoms with E-state index in [4.69, 9.17) is 14.2 Å². The van der Waals surface area contributed by atoms with Gasteiger partial charge >= 0.3 is 5.97 Å². The number of esters is 1. The third kappa shape index (κ3) is 3.46. The van der Waals surface area contributed by atoms with Gasteiger partial charge in [-0.3, -0.25) is 0 Å². The Bertz CT molecular complexity index is 1500. The summed E-state index contributed by atoms with van der Waals surface area (Å²) in [7, 11) is 2.02. The van der Waals surface area contributed by atoms with Crippen LogP contribution in [0.1, 0.15) is 39.5 Å². The number of fused-ring (bicyclic) bond motifs is 6. The van der Waals surface area contributed by atoms with Crippen LogP contribution in [0.3, 0.4) is 0 Å². The van der Waals surface area contributed by atoms with E-state index in [2.05, 4.69) is 39.6 Å². The fraction of sp³-hybridized carbons (Fsp3) is 0.167. The Labute approximate surface area is 223 Å². The third-order valence-electron chi connectivity index (χ3n) is 6.81. The number of nitrogens with zero attached hydrogens (tertiary/aromatic N) is 1. The van der Waals surface area contributed by atoms with E-state index < -0.39 is 5.60 Å². The van der Waals surface area contributed by atoms with Crippen LogP contribution in [-0.2, 0) is 10.3 Å². The van der Waals surface area contributed by atoms with Gasteiger partial charge in [0.15, 0.2) is 5.60 Å². The van der Waals surface area contributed by atoms with E-state index in [9.17, 15) is 4.79 Å². The first-order valence-corrected chi connectivity index (χ1v) is 13.0. The molecule has 6 rings (SSSR count). The molecule has 2 atom stereocenters. The molecular formula is C30H24INO4. The number of carbonyl (C=O) groups excluding carboxylic acids is 1. The molecule has 0 aromatic heterocycles. The van der Waals surface area contributed by atoms with Gasteiger partial charge < -0.3 is 19.1 Å². The second-order valence-electron chi connectivity index (χ2n) is 9.07. The Hall–Kier alpha value is -3.52. The monoisotopic (exact) mass is 589 g/mol. The normalized spacial score (nSPS) is 17.9. The van der Waals surface area contributed by atoms with Gasteiger partial charge in [0.05, 0.1) is 5.56 Å². The van der Waals surface area contributed by atoms with Crippen molar-refractivity contribution in [3.8, 4) is 17.2 Å². The minimum absolute atomic E-state index is 0.0136. The average Bonchev–Trinajstić information content (AvgIpc) is 3.18. The Morgan fingerprint density at radius 3 is 2.36 bits per heavy atom. The van der Waals surface area contributed by atoms with Crippen molar-refractivity contribution in [1.82, 2.24) is 0 Å². The van der Waals surface area contributed by atoms with Crippen LogP contribution in [-0.4, -0.2) is 17.1 Å². The minimum atomic E-state index is -1.10. The van der Waals surface area contributed by atoms with Crippen LogP contribution in [0.2, 0.25) is 0 Å². The minimum Gasteiger partial charge on any atom is -0.480 e. The lowest BCUT2D eigenvalue weighted by atomic mass is 9.77. The van der Waals surface area contributed by atoms with E-state index in [1.54, 1.807) is 0 Å². The van der Waals surface area contributed by atoms with Gasteiger partial charge in [-0.25, -0.2) is 4.79 Å². The molecule has 180 valence electrons. The summed E-state index contributed by atoms with van der Waals surface area (Å²) in [5.74, 6) is 1.66. The second-order valence-corrected chi connectivity index (χ2v) is 10.8. The van der Waals surface area contributed by atoms with E-state index in [-0.39, 0.29) is 10.1 Å². The van der Waals surface area contributed by atoms with Crippen LogP contribution >= 0.6 is 22.6 Å². The van der Waals surface area contributed by atoms with Crippen molar-refractivity contribution in [3.63, 3.8) is 0 Å². The summed E-state index contributed by atoms with van der Waals surface area (Å²) >= 11 is 2.23. The molecule has 2 aliphatic rings. The highest BCUT2D eigenvalue weighted by atomic mass is 127. The number of rotatable bonds is 4. The molecule has 36 heavy (non-hydrogen) atoms. The zero-order valence-electron chi connectivity index (χ0n) is 20.1. The van der Waals surface area contributed by atoms with Crippen molar-refractivity contribution in [2.24, 2.45) is 0 Å². The van der Waals surface area contributed by atoms with E-state index >= 15 is 0 Å². The summed E-state index contributed by atoms with van der Waals surface area (Å²) in [4.78, 5) is 15.2. The lowest BCUT2D eigenvalue weighted by molar-refractivity contribution is 0.0224. The zero-order chi connectivity index (χ0) is 25.0. The van der Waals surface area contributed by atoms with Crippen molar-refractivity contribution in [2.45, 2.75) is 23.6 Å². The van der Waals surface area contributed by atoms with Crippen LogP contribution < -0.4 is 14.4 Å². The molecule has 1 unspecified atom stereocenters. The number of alkyl halides is 1. The number of anilines is 2. The van der Waals surface area contributed by atoms with Crippen LogP contribution in [0.15, 0.2) is 84.9 Å². The predicted molar refractivity (Wildman–Crippen MR) is 148 cm³/mol. The summed E-state index contributed by atoms with van der Waals surface area (Å²) in [6, 6.07) is 27.7. The number of carbonyl (C=O) groups is 1. The molecule has 0 amide bonds. The van der Waals surface area contributed by atoms with E-state index in [1.807, 2.05) is 93.7 Å². The van der Waals surface area contributed by atoms with Crippen LogP contribution in [0, 0.1) is 6.92 Å². The highest BCUT2D eigenvalue weighted by Gasteiger charge is 2.53. The number of ether oxygens (including phenoxy) is 3. The highest BCUT2D eigenvalue weighted by Crippen LogP contribution is 2.57. The topological polar surface area (TPSA) is 48.0 Å². The van der Waals surface area contributed by atoms with Gasteiger partial charge in [-0.2, -0.15) is 0 Å². The van der Waals surface area contributed by atoms with Crippen molar-refractivity contribution >= 4 is 39.9 Å². The van der Waals surface area contributed by atoms with Crippen molar-refractivity contribution in [2.75, 3.05) is 11.9 Å². The van der Waals surface area contributed by atoms with Gasteiger partial charge in [0.25, 0.3) is 0 Å². The maximum absolute atomic E-state index is 13.1. The maximum Gasteiger partial charge on any atom is 0.340 e. The molecule has 6 heteroatoms. The van der Waals surface area contributed by atoms with E-state index in [0.29, 0.717) is 17.1 Å². The van der Waals surface area contributed by atoms with Gasteiger partial charge in [-0.05, 0) is 78.4 Å². The van der Waals surface area contributed by atoms with Gasteiger partial charge in [-0.1, -0.05) is 36.4 Å². The highest BCUT2D eigenvalue weighted by molar-refractivity contribution is 14.1. The van der Waals surface area contributed by atoms with Gasteiger partial charge in [0, 0.05) is 47.2 Å². The molecule has 2 aliphatic heterocycles. The molecule has 0 aliphatic carbocycles. The third-order valence-corrected chi connectivity index (χ3v) is 7.07. The summed E-state index contributed by atoms with van der Waals surface area (Å²) in [5, 5.41) is 0. The molecule has 5 nitrogen and oxygen atoms in total. The van der Waals surface area contributed by atoms with Crippen LogP contribution in [0.5, 0.6) is 17.2 Å². The molecule has 0 saturated heterocycles. The van der Waals surface area contributed by atoms with Crippen molar-refractivity contribution in [1.29, 1.82) is 0 Å². The SMILES string of the molecule is Cc1cc2c(cc1O[C@@H](C)I)Oc1cc(N(C)c3ccccc3)ccc1C21OC(=O)c2ccccc21. The molecule has 1 spiro atoms. The predicted octanol–water partition coefficient (Wildman–Crippen LogP) is 7.49. The number of halogens is 1. The summed E-state index contributed by atoms with van der Waals surface area (Å²) in [5.41, 5.74) is 4.85. The lowest BCUT2D eigenvalue weighted by Gasteiger charge is -2.37. The molecule has 4 aromatic carbocycles. The number of para-hydroxylation sites is 1. The Balaban J connectivity index is 1.57. The number of hydrogen-bond acceptors (Lipinski definition) is 5. The zero-order valence-corrected chi connectivity index (χ0v) is 22.3. The largest absolute Gasteiger partial charge is 0.480 e. The first-order chi connectivity index (χ1) is 17.4. The maximum atomic E-state index is 13.1. The summed E-state index contributed by atoms with van der Waals surface area (Å²) in [6.07, 6.45) is 0. The average molecular weight is 589 g/mol. The number of aryl methyl sites for hydroxylation is 1. The second kappa shape index (κ2) is 8.55. The van der Waals surface area contributed by atoms with Crippen LogP contribution in [0.25, 0.3) is 0 Å². The van der Waals surface area contributed by atoms with Crippen molar-refractivity contribution in [3.05, 3.63) is 113 Å². The fourth-order valence-electron chi connectivity index (χ4n) is 5.11. The van der Waals surface area contributed by atoms with Gasteiger partial charge in [0.2, 0.25) is 0 Å². The molecule has 0 saturated carbocycles. The quantitative estimate of drug-likeness (QED) is 0.140. The van der Waals surface area contributed by atoms with E-state index in [0.717, 1.165) is 39.4 Å². The molecular weight excluding hydrogens is 565 g/mol. The Morgan fingerprint density at radius 1 is 0.861 bits per heavy atom. The summed E-state index contributed by atoms with van der Waals surface area (Å²) in [6.45, 7) is 3.98. The summed E-state index contributed by atoms with van der Waals surface area (Å²) < 4.78 is 18.9. The van der Waals surface area contributed by atoms with E-state index in [1.165, 1.54) is 0 Å². The first-order valence-electron chi connectivity index (χ1n) is 11.8. The smallest absolute Gasteiger partial charge is 0.340 e. The molecule has 0 radical (unpaired) electrons. The molecule has 4 aromatic rings. The molecule has 0 bridgehead atoms. The fourth-order valence-corrected chi connectivity index (χ4v) is 5.38. The lowest BCUT2D eigenvalue weighted by Crippen LogP contribution is -2.33. The standard InChI is InChI=1S/C30H24INO4/c1-18-15-25-28(17-26(18)34-19(2)31)35-27-16-21(32(3)20-9-5-4-6-10-20)13-14-24(27)30(25)23-12-8-7-11-22(23)29(33)36-30/h4-17,19H,1-3H3/t19-,30?/m0/s1. The number of hydrogen-bond donors (Lipinski definition) is 0. The van der Waals surface area contributed by atoms with Gasteiger partial charge in [-0.15, -0.1) is 0 Å². The number of benzene rings is 4. The molecule has 2 heterocycles. The Morgan fingerprint density at radius 2 is 1.58 bits per heavy atom. The molecule has 0 N–H and O–H groups in total. The van der Waals surface area contributed by atoms with Gasteiger partial charge in [0.1, 0.15) is 21.4 Å². The first kappa shape index (κ1) is 22.9. The molecule has 0 fully saturated rings. The van der Waals surface area contributed by atoms with Crippen LogP contribution in [0.4, 0.5) is 11.4 Å². The Kier molecular flexibility index (Phi) is 5.44.